The van der Waals surface area contributed by atoms with Crippen molar-refractivity contribution in [1.82, 2.24) is 4.90 Å². The van der Waals surface area contributed by atoms with Gasteiger partial charge in [-0.25, -0.2) is 0 Å². The maximum Gasteiger partial charge on any atom is 0.307 e. The normalized spacial score (nSPS) is 12.5. The Labute approximate surface area is 114 Å². The van der Waals surface area contributed by atoms with E-state index >= 15 is 0 Å². The van der Waals surface area contributed by atoms with Gasteiger partial charge < -0.3 is 9.64 Å². The Morgan fingerprint density at radius 3 is 2.39 bits per heavy atom. The molecule has 4 heteroatoms. The molecule has 0 aromatic heterocycles. The molecule has 1 unspecified atom stereocenters. The van der Waals surface area contributed by atoms with E-state index in [9.17, 15) is 4.79 Å². The van der Waals surface area contributed by atoms with Crippen molar-refractivity contribution in [2.24, 2.45) is 0 Å². The number of rotatable bonds is 6. The van der Waals surface area contributed by atoms with Crippen molar-refractivity contribution in [3.63, 3.8) is 0 Å². The van der Waals surface area contributed by atoms with Gasteiger partial charge in [0.25, 0.3) is 0 Å². The lowest BCUT2D eigenvalue weighted by molar-refractivity contribution is -0.141. The van der Waals surface area contributed by atoms with Gasteiger partial charge in [0.1, 0.15) is 0 Å². The number of hydrogen-bond acceptors (Lipinski definition) is 4. The number of carbonyl (C=O) groups is 1. The quantitative estimate of drug-likeness (QED) is 0.585. The molecule has 0 aliphatic carbocycles. The van der Waals surface area contributed by atoms with Crippen molar-refractivity contribution < 1.29 is 9.53 Å². The van der Waals surface area contributed by atoms with E-state index in [1.54, 1.807) is 0 Å². The summed E-state index contributed by atoms with van der Waals surface area (Å²) in [5.41, 5.74) is 1.14. The Balaban J connectivity index is 2.82. The molecule has 1 aromatic rings. The van der Waals surface area contributed by atoms with E-state index < -0.39 is 0 Å². The molecule has 0 bridgehead atoms. The number of thioether (sulfide) groups is 1. The molecule has 0 fully saturated rings. The summed E-state index contributed by atoms with van der Waals surface area (Å²) in [6.07, 6.45) is 0.379. The summed E-state index contributed by atoms with van der Waals surface area (Å²) in [6, 6.07) is 8.46. The standard InChI is InChI=1S/C14H21NO2S/c1-5-18-12-8-6-11(7-9-12)13(15(2)3)10-14(16)17-4/h6-9,13H,5,10H2,1-4H3. The summed E-state index contributed by atoms with van der Waals surface area (Å²) in [7, 11) is 5.38. The van der Waals surface area contributed by atoms with Gasteiger partial charge in [-0.15, -0.1) is 11.8 Å². The molecule has 1 aromatic carbocycles. The molecule has 18 heavy (non-hydrogen) atoms. The third kappa shape index (κ3) is 4.35. The van der Waals surface area contributed by atoms with Gasteiger partial charge in [-0.1, -0.05) is 19.1 Å². The first-order chi connectivity index (χ1) is 8.58. The minimum atomic E-state index is -0.180. The van der Waals surface area contributed by atoms with Gasteiger partial charge in [-0.3, -0.25) is 4.79 Å². The van der Waals surface area contributed by atoms with Crippen LogP contribution < -0.4 is 0 Å². The zero-order chi connectivity index (χ0) is 13.5. The molecule has 0 spiro atoms. The second-order valence-corrected chi connectivity index (χ2v) is 5.60. The zero-order valence-electron chi connectivity index (χ0n) is 11.5. The van der Waals surface area contributed by atoms with Crippen molar-refractivity contribution in [3.05, 3.63) is 29.8 Å². The average molecular weight is 267 g/mol. The van der Waals surface area contributed by atoms with Crippen LogP contribution in [0.4, 0.5) is 0 Å². The second kappa shape index (κ2) is 7.44. The maximum atomic E-state index is 11.4. The molecule has 3 nitrogen and oxygen atoms in total. The smallest absolute Gasteiger partial charge is 0.307 e. The molecule has 0 N–H and O–H groups in total. The van der Waals surface area contributed by atoms with Crippen molar-refractivity contribution in [2.75, 3.05) is 27.0 Å². The second-order valence-electron chi connectivity index (χ2n) is 4.26. The molecule has 1 atom stereocenters. The van der Waals surface area contributed by atoms with Gasteiger partial charge >= 0.3 is 5.97 Å². The highest BCUT2D eigenvalue weighted by Crippen LogP contribution is 2.25. The van der Waals surface area contributed by atoms with Gasteiger partial charge in [0.05, 0.1) is 13.5 Å². The highest BCUT2D eigenvalue weighted by molar-refractivity contribution is 7.99. The van der Waals surface area contributed by atoms with E-state index in [4.69, 9.17) is 4.74 Å². The summed E-state index contributed by atoms with van der Waals surface area (Å²) in [6.45, 7) is 2.14. The fraction of sp³-hybridized carbons (Fsp3) is 0.500. The molecule has 0 heterocycles. The number of methoxy groups -OCH3 is 1. The Kier molecular flexibility index (Phi) is 6.22. The number of benzene rings is 1. The van der Waals surface area contributed by atoms with Gasteiger partial charge in [0, 0.05) is 10.9 Å². The van der Waals surface area contributed by atoms with Crippen molar-refractivity contribution >= 4 is 17.7 Å². The third-order valence-corrected chi connectivity index (χ3v) is 3.68. The van der Waals surface area contributed by atoms with Crippen LogP contribution in [-0.4, -0.2) is 37.8 Å². The summed E-state index contributed by atoms with van der Waals surface area (Å²) < 4.78 is 4.74. The maximum absolute atomic E-state index is 11.4. The highest BCUT2D eigenvalue weighted by Gasteiger charge is 2.18. The first-order valence-corrected chi connectivity index (χ1v) is 7.03. The van der Waals surface area contributed by atoms with Crippen molar-refractivity contribution in [1.29, 1.82) is 0 Å². The summed E-state index contributed by atoms with van der Waals surface area (Å²) >= 11 is 1.82. The third-order valence-electron chi connectivity index (χ3n) is 2.79. The number of carbonyl (C=O) groups excluding carboxylic acids is 1. The topological polar surface area (TPSA) is 29.5 Å². The first kappa shape index (κ1) is 15.1. The molecule has 0 aliphatic rings. The van der Waals surface area contributed by atoms with Crippen LogP contribution in [0.25, 0.3) is 0 Å². The van der Waals surface area contributed by atoms with Crippen LogP contribution in [0.2, 0.25) is 0 Å². The van der Waals surface area contributed by atoms with E-state index in [1.807, 2.05) is 30.8 Å². The van der Waals surface area contributed by atoms with Crippen LogP contribution >= 0.6 is 11.8 Å². The summed E-state index contributed by atoms with van der Waals surface area (Å²) in [4.78, 5) is 14.7. The molecule has 100 valence electrons. The predicted octanol–water partition coefficient (Wildman–Crippen LogP) is 2.96. The Hall–Kier alpha value is -1.00. The molecule has 1 rings (SSSR count). The SMILES string of the molecule is CCSc1ccc(C(CC(=O)OC)N(C)C)cc1. The van der Waals surface area contributed by atoms with Gasteiger partial charge in [-0.2, -0.15) is 0 Å². The van der Waals surface area contributed by atoms with Crippen LogP contribution in [-0.2, 0) is 9.53 Å². The molecular weight excluding hydrogens is 246 g/mol. The lowest BCUT2D eigenvalue weighted by Gasteiger charge is -2.23. The molecule has 0 amide bonds. The number of hydrogen-bond donors (Lipinski definition) is 0. The monoisotopic (exact) mass is 267 g/mol. The fourth-order valence-electron chi connectivity index (χ4n) is 1.79. The van der Waals surface area contributed by atoms with Gasteiger partial charge in [0.2, 0.25) is 0 Å². The van der Waals surface area contributed by atoms with Crippen LogP contribution in [0.1, 0.15) is 24.9 Å². The van der Waals surface area contributed by atoms with E-state index in [1.165, 1.54) is 12.0 Å². The van der Waals surface area contributed by atoms with Crippen molar-refractivity contribution in [3.8, 4) is 0 Å². The highest BCUT2D eigenvalue weighted by atomic mass is 32.2. The molecule has 0 radical (unpaired) electrons. The van der Waals surface area contributed by atoms with Crippen LogP contribution in [0.15, 0.2) is 29.2 Å². The fourth-order valence-corrected chi connectivity index (χ4v) is 2.45. The van der Waals surface area contributed by atoms with E-state index in [2.05, 4.69) is 31.2 Å². The number of ether oxygens (including phenoxy) is 1. The molecule has 0 saturated heterocycles. The summed E-state index contributed by atoms with van der Waals surface area (Å²) in [5.74, 6) is 0.888. The molecule has 0 aliphatic heterocycles. The van der Waals surface area contributed by atoms with Crippen LogP contribution in [0.3, 0.4) is 0 Å². The Morgan fingerprint density at radius 2 is 1.94 bits per heavy atom. The molecule has 0 saturated carbocycles. The van der Waals surface area contributed by atoms with Gasteiger partial charge in [0.15, 0.2) is 0 Å². The first-order valence-electron chi connectivity index (χ1n) is 6.04. The lowest BCUT2D eigenvalue weighted by atomic mass is 10.0. The zero-order valence-corrected chi connectivity index (χ0v) is 12.3. The Morgan fingerprint density at radius 1 is 1.33 bits per heavy atom. The summed E-state index contributed by atoms with van der Waals surface area (Å²) in [5, 5.41) is 0. The lowest BCUT2D eigenvalue weighted by Crippen LogP contribution is -2.23. The number of nitrogens with zero attached hydrogens (tertiary/aromatic N) is 1. The largest absolute Gasteiger partial charge is 0.469 e. The van der Waals surface area contributed by atoms with E-state index in [0.717, 1.165) is 11.3 Å². The number of esters is 1. The molecular formula is C14H21NO2S. The van der Waals surface area contributed by atoms with Crippen LogP contribution in [0, 0.1) is 0 Å². The predicted molar refractivity (Wildman–Crippen MR) is 75.9 cm³/mol. The van der Waals surface area contributed by atoms with Gasteiger partial charge in [-0.05, 0) is 37.5 Å². The Bertz CT molecular complexity index is 376. The van der Waals surface area contributed by atoms with E-state index in [-0.39, 0.29) is 12.0 Å². The van der Waals surface area contributed by atoms with Crippen LogP contribution in [0.5, 0.6) is 0 Å². The minimum absolute atomic E-state index is 0.0677. The van der Waals surface area contributed by atoms with Crippen molar-refractivity contribution in [2.45, 2.75) is 24.3 Å². The average Bonchev–Trinajstić information content (AvgIpc) is 2.37. The van der Waals surface area contributed by atoms with E-state index in [0.29, 0.717) is 6.42 Å². The minimum Gasteiger partial charge on any atom is -0.469 e.